The molecule has 3 heterocycles. The molecule has 6 heteroatoms. The van der Waals surface area contributed by atoms with Crippen molar-refractivity contribution in [3.63, 3.8) is 0 Å². The predicted molar refractivity (Wildman–Crippen MR) is 111 cm³/mol. The largest absolute Gasteiger partial charge is 0.370 e. The quantitative estimate of drug-likeness (QED) is 0.460. The fraction of sp³-hybridized carbons (Fsp3) is 0.318. The molecular weight excluding hydrogens is 350 g/mol. The maximum absolute atomic E-state index is 5.42. The summed E-state index contributed by atoms with van der Waals surface area (Å²) in [6.45, 7) is 5.23. The van der Waals surface area contributed by atoms with Crippen LogP contribution in [0.2, 0.25) is 0 Å². The lowest BCUT2D eigenvalue weighted by Crippen LogP contribution is -2.08. The minimum atomic E-state index is 0.575. The lowest BCUT2D eigenvalue weighted by molar-refractivity contribution is 0.376. The third kappa shape index (κ3) is 4.22. The molecule has 3 aromatic heterocycles. The Labute approximate surface area is 164 Å². The summed E-state index contributed by atoms with van der Waals surface area (Å²) in [5.74, 6) is 2.69. The first-order valence-corrected chi connectivity index (χ1v) is 9.77. The molecule has 0 bridgehead atoms. The van der Waals surface area contributed by atoms with Crippen molar-refractivity contribution in [2.45, 2.75) is 33.1 Å². The van der Waals surface area contributed by atoms with E-state index in [0.717, 1.165) is 37.2 Å². The Kier molecular flexibility index (Phi) is 5.37. The summed E-state index contributed by atoms with van der Waals surface area (Å²) >= 11 is 0. The summed E-state index contributed by atoms with van der Waals surface area (Å²) < 4.78 is 5.42. The first-order valence-electron chi connectivity index (χ1n) is 9.77. The predicted octanol–water partition coefficient (Wildman–Crippen LogP) is 4.86. The fourth-order valence-electron chi connectivity index (χ4n) is 3.18. The molecule has 0 fully saturated rings. The summed E-state index contributed by atoms with van der Waals surface area (Å²) in [7, 11) is 0. The SMILES string of the molecule is CC(C)CNc1ccc(-c2noc(CCCc3c[nH]c4ccccc34)n2)cn1. The summed E-state index contributed by atoms with van der Waals surface area (Å²) in [6.07, 6.45) is 6.56. The Balaban J connectivity index is 1.34. The Morgan fingerprint density at radius 1 is 1.11 bits per heavy atom. The van der Waals surface area contributed by atoms with Gasteiger partial charge in [0, 0.05) is 41.8 Å². The smallest absolute Gasteiger partial charge is 0.226 e. The standard InChI is InChI=1S/C22H25N5O/c1-15(2)12-24-20-11-10-17(14-25-20)22-26-21(28-27-22)9-5-6-16-13-23-19-8-4-3-7-18(16)19/h3-4,7-8,10-11,13-15,23H,5-6,9,12H2,1-2H3,(H,24,25). The first kappa shape index (κ1) is 18.2. The van der Waals surface area contributed by atoms with Gasteiger partial charge in [-0.3, -0.25) is 0 Å². The van der Waals surface area contributed by atoms with Gasteiger partial charge in [0.15, 0.2) is 0 Å². The van der Waals surface area contributed by atoms with Gasteiger partial charge >= 0.3 is 0 Å². The number of aromatic amines is 1. The van der Waals surface area contributed by atoms with Gasteiger partial charge in [-0.25, -0.2) is 4.98 Å². The highest BCUT2D eigenvalue weighted by atomic mass is 16.5. The molecule has 0 spiro atoms. The molecule has 0 saturated carbocycles. The number of aromatic nitrogens is 4. The van der Waals surface area contributed by atoms with Crippen molar-refractivity contribution < 1.29 is 4.52 Å². The number of H-pyrrole nitrogens is 1. The second-order valence-electron chi connectivity index (χ2n) is 7.43. The van der Waals surface area contributed by atoms with Crippen molar-refractivity contribution in [2.75, 3.05) is 11.9 Å². The summed E-state index contributed by atoms with van der Waals surface area (Å²) in [4.78, 5) is 12.3. The van der Waals surface area contributed by atoms with E-state index in [1.807, 2.05) is 18.2 Å². The van der Waals surface area contributed by atoms with E-state index < -0.39 is 0 Å². The number of pyridine rings is 1. The molecule has 0 amide bonds. The monoisotopic (exact) mass is 375 g/mol. The molecule has 144 valence electrons. The molecule has 4 aromatic rings. The Morgan fingerprint density at radius 2 is 2.00 bits per heavy atom. The van der Waals surface area contributed by atoms with E-state index in [-0.39, 0.29) is 0 Å². The van der Waals surface area contributed by atoms with E-state index in [0.29, 0.717) is 17.6 Å². The van der Waals surface area contributed by atoms with Crippen molar-refractivity contribution in [1.29, 1.82) is 0 Å². The first-order chi connectivity index (χ1) is 13.7. The van der Waals surface area contributed by atoms with Crippen LogP contribution in [-0.2, 0) is 12.8 Å². The Bertz CT molecular complexity index is 1030. The molecule has 0 radical (unpaired) electrons. The van der Waals surface area contributed by atoms with Crippen LogP contribution in [0.3, 0.4) is 0 Å². The number of hydrogen-bond donors (Lipinski definition) is 2. The number of nitrogens with one attached hydrogen (secondary N) is 2. The fourth-order valence-corrected chi connectivity index (χ4v) is 3.18. The van der Waals surface area contributed by atoms with Crippen LogP contribution in [0.4, 0.5) is 5.82 Å². The summed E-state index contributed by atoms with van der Waals surface area (Å²) in [6, 6.07) is 12.3. The molecule has 2 N–H and O–H groups in total. The topological polar surface area (TPSA) is 79.6 Å². The Hall–Kier alpha value is -3.15. The molecule has 0 aliphatic carbocycles. The van der Waals surface area contributed by atoms with Gasteiger partial charge in [-0.15, -0.1) is 0 Å². The van der Waals surface area contributed by atoms with Gasteiger partial charge in [0.2, 0.25) is 11.7 Å². The van der Waals surface area contributed by atoms with Crippen LogP contribution < -0.4 is 5.32 Å². The average Bonchev–Trinajstić information content (AvgIpc) is 3.34. The molecule has 0 unspecified atom stereocenters. The van der Waals surface area contributed by atoms with Crippen LogP contribution in [0, 0.1) is 5.92 Å². The second kappa shape index (κ2) is 8.25. The van der Waals surface area contributed by atoms with Crippen molar-refractivity contribution in [2.24, 2.45) is 5.92 Å². The molecule has 0 aliphatic heterocycles. The van der Waals surface area contributed by atoms with Crippen molar-refractivity contribution in [3.8, 4) is 11.4 Å². The van der Waals surface area contributed by atoms with E-state index in [4.69, 9.17) is 4.52 Å². The number of hydrogen-bond acceptors (Lipinski definition) is 5. The van der Waals surface area contributed by atoms with Gasteiger partial charge in [-0.1, -0.05) is 37.2 Å². The van der Waals surface area contributed by atoms with E-state index in [1.54, 1.807) is 6.20 Å². The number of para-hydroxylation sites is 1. The van der Waals surface area contributed by atoms with E-state index in [9.17, 15) is 0 Å². The van der Waals surface area contributed by atoms with Gasteiger partial charge in [-0.2, -0.15) is 4.98 Å². The maximum atomic E-state index is 5.42. The van der Waals surface area contributed by atoms with Crippen LogP contribution in [0.25, 0.3) is 22.3 Å². The zero-order valence-electron chi connectivity index (χ0n) is 16.3. The minimum absolute atomic E-state index is 0.575. The van der Waals surface area contributed by atoms with Crippen molar-refractivity contribution in [1.82, 2.24) is 20.1 Å². The highest BCUT2D eigenvalue weighted by molar-refractivity contribution is 5.83. The van der Waals surface area contributed by atoms with E-state index in [2.05, 4.69) is 63.7 Å². The van der Waals surface area contributed by atoms with Gasteiger partial charge < -0.3 is 14.8 Å². The molecule has 1 aromatic carbocycles. The molecule has 0 saturated heterocycles. The molecule has 6 nitrogen and oxygen atoms in total. The van der Waals surface area contributed by atoms with Gasteiger partial charge in [0.25, 0.3) is 0 Å². The normalized spacial score (nSPS) is 11.4. The number of aryl methyl sites for hydroxylation is 2. The van der Waals surface area contributed by atoms with Crippen LogP contribution >= 0.6 is 0 Å². The van der Waals surface area contributed by atoms with Crippen LogP contribution in [-0.4, -0.2) is 26.7 Å². The number of nitrogens with zero attached hydrogens (tertiary/aromatic N) is 3. The summed E-state index contributed by atoms with van der Waals surface area (Å²) in [5.41, 5.74) is 3.36. The maximum Gasteiger partial charge on any atom is 0.226 e. The minimum Gasteiger partial charge on any atom is -0.370 e. The van der Waals surface area contributed by atoms with Gasteiger partial charge in [0.05, 0.1) is 0 Å². The van der Waals surface area contributed by atoms with E-state index >= 15 is 0 Å². The molecule has 4 rings (SSSR count). The highest BCUT2D eigenvalue weighted by Gasteiger charge is 2.10. The Morgan fingerprint density at radius 3 is 2.82 bits per heavy atom. The lowest BCUT2D eigenvalue weighted by atomic mass is 10.1. The average molecular weight is 375 g/mol. The third-order valence-corrected chi connectivity index (χ3v) is 4.69. The molecule has 0 aliphatic rings. The van der Waals surface area contributed by atoms with Gasteiger partial charge in [-0.05, 0) is 42.5 Å². The third-order valence-electron chi connectivity index (χ3n) is 4.69. The van der Waals surface area contributed by atoms with Crippen molar-refractivity contribution in [3.05, 3.63) is 60.2 Å². The number of rotatable bonds is 8. The van der Waals surface area contributed by atoms with Crippen LogP contribution in [0.5, 0.6) is 0 Å². The van der Waals surface area contributed by atoms with Crippen molar-refractivity contribution >= 4 is 16.7 Å². The van der Waals surface area contributed by atoms with Gasteiger partial charge in [0.1, 0.15) is 5.82 Å². The highest BCUT2D eigenvalue weighted by Crippen LogP contribution is 2.21. The second-order valence-corrected chi connectivity index (χ2v) is 7.43. The number of fused-ring (bicyclic) bond motifs is 1. The molecule has 0 atom stereocenters. The summed E-state index contributed by atoms with van der Waals surface area (Å²) in [5, 5.41) is 8.69. The lowest BCUT2D eigenvalue weighted by Gasteiger charge is -2.07. The number of anilines is 1. The zero-order chi connectivity index (χ0) is 19.3. The number of benzene rings is 1. The van der Waals surface area contributed by atoms with Crippen LogP contribution in [0.15, 0.2) is 53.3 Å². The molecule has 28 heavy (non-hydrogen) atoms. The van der Waals surface area contributed by atoms with Crippen LogP contribution in [0.1, 0.15) is 31.7 Å². The van der Waals surface area contributed by atoms with E-state index in [1.165, 1.54) is 16.5 Å². The molecular formula is C22H25N5O. The zero-order valence-corrected chi connectivity index (χ0v) is 16.3.